The number of fused-ring (bicyclic) bond motifs is 1. The highest BCUT2D eigenvalue weighted by molar-refractivity contribution is 7.17. The molecule has 3 nitrogen and oxygen atoms in total. The molecule has 3 rings (SSSR count). The quantitative estimate of drug-likeness (QED) is 0.725. The van der Waals surface area contributed by atoms with Gasteiger partial charge < -0.3 is 0 Å². The highest BCUT2D eigenvalue weighted by Gasteiger charge is 2.11. The van der Waals surface area contributed by atoms with Crippen molar-refractivity contribution in [3.8, 4) is 0 Å². The summed E-state index contributed by atoms with van der Waals surface area (Å²) >= 11 is 7.28. The monoisotopic (exact) mass is 308 g/mol. The van der Waals surface area contributed by atoms with E-state index in [0.29, 0.717) is 10.3 Å². The lowest BCUT2D eigenvalue weighted by Gasteiger charge is -2.07. The van der Waals surface area contributed by atoms with Crippen LogP contribution in [0.3, 0.4) is 0 Å². The largest absolute Gasteiger partial charge is 0.293 e. The van der Waals surface area contributed by atoms with Crippen molar-refractivity contribution in [1.82, 2.24) is 9.55 Å². The van der Waals surface area contributed by atoms with E-state index in [-0.39, 0.29) is 17.1 Å². The van der Waals surface area contributed by atoms with Crippen molar-refractivity contribution < 1.29 is 4.39 Å². The normalized spacial score (nSPS) is 11.2. The molecule has 1 aromatic carbocycles. The minimum absolute atomic E-state index is 0.0434. The van der Waals surface area contributed by atoms with Crippen molar-refractivity contribution in [1.29, 1.82) is 0 Å². The molecule has 0 unspecified atom stereocenters. The Balaban J connectivity index is 2.09. The molecule has 0 radical (unpaired) electrons. The third-order valence-electron chi connectivity index (χ3n) is 3.10. The van der Waals surface area contributed by atoms with E-state index in [9.17, 15) is 9.18 Å². The molecule has 0 N–H and O–H groups in total. The molecule has 2 heterocycles. The van der Waals surface area contributed by atoms with Gasteiger partial charge in [-0.05, 0) is 29.5 Å². The van der Waals surface area contributed by atoms with E-state index in [1.165, 1.54) is 28.3 Å². The van der Waals surface area contributed by atoms with Gasteiger partial charge in [0.05, 0.1) is 23.4 Å². The van der Waals surface area contributed by atoms with E-state index in [4.69, 9.17) is 11.6 Å². The second-order valence-corrected chi connectivity index (χ2v) is 5.74. The summed E-state index contributed by atoms with van der Waals surface area (Å²) in [6.07, 6.45) is 1.48. The van der Waals surface area contributed by atoms with Crippen LogP contribution in [0.1, 0.15) is 11.1 Å². The van der Waals surface area contributed by atoms with E-state index >= 15 is 0 Å². The van der Waals surface area contributed by atoms with E-state index in [0.717, 1.165) is 11.1 Å². The Hall–Kier alpha value is -1.72. The fourth-order valence-electron chi connectivity index (χ4n) is 2.03. The third-order valence-corrected chi connectivity index (χ3v) is 4.59. The number of nitrogens with zero attached hydrogens (tertiary/aromatic N) is 2. The summed E-state index contributed by atoms with van der Waals surface area (Å²) < 4.78 is 15.5. The van der Waals surface area contributed by atoms with E-state index in [1.54, 1.807) is 12.1 Å². The summed E-state index contributed by atoms with van der Waals surface area (Å²) in [5.41, 5.74) is 2.14. The minimum atomic E-state index is -0.488. The molecule has 0 saturated carbocycles. The molecule has 0 fully saturated rings. The first-order valence-corrected chi connectivity index (χ1v) is 7.20. The Kier molecular flexibility index (Phi) is 3.31. The molecular formula is C14H10ClFN2OS. The van der Waals surface area contributed by atoms with Crippen molar-refractivity contribution in [2.45, 2.75) is 13.5 Å². The first-order chi connectivity index (χ1) is 9.58. The van der Waals surface area contributed by atoms with Gasteiger partial charge in [0.1, 0.15) is 10.5 Å². The van der Waals surface area contributed by atoms with Crippen LogP contribution < -0.4 is 5.56 Å². The fraction of sp³-hybridized carbons (Fsp3) is 0.143. The molecule has 0 spiro atoms. The molecule has 0 atom stereocenters. The van der Waals surface area contributed by atoms with E-state index in [1.807, 2.05) is 12.3 Å². The minimum Gasteiger partial charge on any atom is -0.293 e. The van der Waals surface area contributed by atoms with Gasteiger partial charge in [-0.2, -0.15) is 0 Å². The van der Waals surface area contributed by atoms with Crippen molar-refractivity contribution in [3.05, 3.63) is 62.2 Å². The van der Waals surface area contributed by atoms with Gasteiger partial charge in [-0.15, -0.1) is 11.3 Å². The van der Waals surface area contributed by atoms with Crippen LogP contribution >= 0.6 is 22.9 Å². The molecule has 102 valence electrons. The molecule has 0 aliphatic heterocycles. The Morgan fingerprint density at radius 2 is 2.25 bits per heavy atom. The molecule has 6 heteroatoms. The maximum Gasteiger partial charge on any atom is 0.271 e. The number of aryl methyl sites for hydroxylation is 1. The number of rotatable bonds is 2. The van der Waals surface area contributed by atoms with Gasteiger partial charge in [0, 0.05) is 0 Å². The molecule has 0 aliphatic rings. The van der Waals surface area contributed by atoms with Gasteiger partial charge >= 0.3 is 0 Å². The molecule has 0 bridgehead atoms. The third kappa shape index (κ3) is 2.13. The highest BCUT2D eigenvalue weighted by atomic mass is 35.5. The first kappa shape index (κ1) is 13.3. The van der Waals surface area contributed by atoms with Crippen molar-refractivity contribution >= 4 is 33.2 Å². The van der Waals surface area contributed by atoms with Crippen molar-refractivity contribution in [2.75, 3.05) is 0 Å². The first-order valence-electron chi connectivity index (χ1n) is 5.94. The fourth-order valence-corrected chi connectivity index (χ4v) is 3.16. The molecule has 0 aliphatic carbocycles. The molecule has 0 saturated heterocycles. The van der Waals surface area contributed by atoms with Crippen molar-refractivity contribution in [2.24, 2.45) is 0 Å². The average molecular weight is 309 g/mol. The molecular weight excluding hydrogens is 299 g/mol. The topological polar surface area (TPSA) is 34.9 Å². The van der Waals surface area contributed by atoms with Crippen LogP contribution in [-0.2, 0) is 6.54 Å². The lowest BCUT2D eigenvalue weighted by Crippen LogP contribution is -2.20. The van der Waals surface area contributed by atoms with Crippen LogP contribution in [0.2, 0.25) is 5.02 Å². The summed E-state index contributed by atoms with van der Waals surface area (Å²) in [6.45, 7) is 2.12. The molecule has 3 aromatic rings. The van der Waals surface area contributed by atoms with Crippen LogP contribution in [0.25, 0.3) is 10.2 Å². The standard InChI is InChI=1S/C14H10ClFN2OS/c1-8-6-20-13-12(8)17-7-18(14(13)19)5-9-3-2-4-10(16)11(9)15/h2-4,6-7H,5H2,1H3. The number of aromatic nitrogens is 2. The zero-order chi connectivity index (χ0) is 14.3. The number of halogens is 2. The summed E-state index contributed by atoms with van der Waals surface area (Å²) in [6, 6.07) is 4.56. The van der Waals surface area contributed by atoms with Gasteiger partial charge in [0.15, 0.2) is 0 Å². The lowest BCUT2D eigenvalue weighted by atomic mass is 10.2. The van der Waals surface area contributed by atoms with Gasteiger partial charge in [-0.3, -0.25) is 9.36 Å². The number of benzene rings is 1. The Labute approximate surface area is 123 Å². The van der Waals surface area contributed by atoms with Gasteiger partial charge in [0.25, 0.3) is 5.56 Å². The summed E-state index contributed by atoms with van der Waals surface area (Å²) in [5, 5.41) is 1.94. The number of thiophene rings is 1. The van der Waals surface area contributed by atoms with Crippen LogP contribution in [0.4, 0.5) is 4.39 Å². The SMILES string of the molecule is Cc1csc2c(=O)n(Cc3cccc(F)c3Cl)cnc12. The van der Waals surface area contributed by atoms with Crippen LogP contribution in [0.5, 0.6) is 0 Å². The van der Waals surface area contributed by atoms with Gasteiger partial charge in [0.2, 0.25) is 0 Å². The number of hydrogen-bond donors (Lipinski definition) is 0. The van der Waals surface area contributed by atoms with E-state index < -0.39 is 5.82 Å². The maximum atomic E-state index is 13.4. The summed E-state index contributed by atoms with van der Waals surface area (Å²) in [5.74, 6) is -0.488. The predicted octanol–water partition coefficient (Wildman–Crippen LogP) is 3.61. The molecule has 2 aromatic heterocycles. The predicted molar refractivity (Wildman–Crippen MR) is 79.1 cm³/mol. The van der Waals surface area contributed by atoms with Gasteiger partial charge in [-0.1, -0.05) is 23.7 Å². The zero-order valence-corrected chi connectivity index (χ0v) is 12.1. The highest BCUT2D eigenvalue weighted by Crippen LogP contribution is 2.22. The Bertz CT molecular complexity index is 856. The maximum absolute atomic E-state index is 13.4. The number of hydrogen-bond acceptors (Lipinski definition) is 3. The van der Waals surface area contributed by atoms with Crippen LogP contribution in [-0.4, -0.2) is 9.55 Å². The van der Waals surface area contributed by atoms with E-state index in [2.05, 4.69) is 4.98 Å². The van der Waals surface area contributed by atoms with Crippen LogP contribution in [0, 0.1) is 12.7 Å². The molecule has 0 amide bonds. The zero-order valence-electron chi connectivity index (χ0n) is 10.6. The average Bonchev–Trinajstić information content (AvgIpc) is 2.80. The summed E-state index contributed by atoms with van der Waals surface area (Å²) in [4.78, 5) is 16.6. The van der Waals surface area contributed by atoms with Crippen LogP contribution in [0.15, 0.2) is 34.7 Å². The Morgan fingerprint density at radius 1 is 1.45 bits per heavy atom. The Morgan fingerprint density at radius 3 is 3.05 bits per heavy atom. The second-order valence-electron chi connectivity index (χ2n) is 4.49. The molecule has 20 heavy (non-hydrogen) atoms. The second kappa shape index (κ2) is 5.00. The lowest BCUT2D eigenvalue weighted by molar-refractivity contribution is 0.623. The smallest absolute Gasteiger partial charge is 0.271 e. The van der Waals surface area contributed by atoms with Gasteiger partial charge in [-0.25, -0.2) is 9.37 Å². The van der Waals surface area contributed by atoms with Crippen molar-refractivity contribution in [3.63, 3.8) is 0 Å². The summed E-state index contributed by atoms with van der Waals surface area (Å²) in [7, 11) is 0.